The molecule has 0 radical (unpaired) electrons. The number of nitrogens with zero attached hydrogens (tertiary/aromatic N) is 5. The highest BCUT2D eigenvalue weighted by atomic mass is 32.1. The number of rotatable bonds is 7. The third kappa shape index (κ3) is 4.83. The van der Waals surface area contributed by atoms with E-state index in [0.29, 0.717) is 24.8 Å². The molecule has 10 nitrogen and oxygen atoms in total. The van der Waals surface area contributed by atoms with Crippen molar-refractivity contribution in [2.24, 2.45) is 4.99 Å². The van der Waals surface area contributed by atoms with Crippen LogP contribution in [0.1, 0.15) is 41.0 Å². The average Bonchev–Trinajstić information content (AvgIpc) is 3.61. The van der Waals surface area contributed by atoms with Gasteiger partial charge in [0.05, 0.1) is 18.9 Å². The van der Waals surface area contributed by atoms with E-state index in [1.54, 1.807) is 18.4 Å². The molecule has 2 aliphatic heterocycles. The molecule has 41 heavy (non-hydrogen) atoms. The molecule has 0 bridgehead atoms. The summed E-state index contributed by atoms with van der Waals surface area (Å²) in [6.07, 6.45) is 2.33. The maximum absolute atomic E-state index is 13.4. The molecule has 0 unspecified atom stereocenters. The highest BCUT2D eigenvalue weighted by Crippen LogP contribution is 2.49. The zero-order valence-corrected chi connectivity index (χ0v) is 23.5. The van der Waals surface area contributed by atoms with Gasteiger partial charge in [0.25, 0.3) is 5.89 Å². The minimum atomic E-state index is -0.887. The van der Waals surface area contributed by atoms with Gasteiger partial charge in [-0.3, -0.25) is 9.79 Å². The number of ketones is 1. The van der Waals surface area contributed by atoms with Gasteiger partial charge in [0.1, 0.15) is 15.6 Å². The van der Waals surface area contributed by atoms with Crippen LogP contribution in [0.3, 0.4) is 0 Å². The number of morpholine rings is 1. The van der Waals surface area contributed by atoms with E-state index >= 15 is 0 Å². The van der Waals surface area contributed by atoms with Crippen LogP contribution >= 0.6 is 11.3 Å². The number of aliphatic imine (C=N–C) groups is 1. The van der Waals surface area contributed by atoms with E-state index in [1.807, 2.05) is 54.6 Å². The Bertz CT molecular complexity index is 1580. The summed E-state index contributed by atoms with van der Waals surface area (Å²) in [7, 11) is 1.75. The van der Waals surface area contributed by atoms with E-state index in [-0.39, 0.29) is 23.8 Å². The Labute approximate surface area is 241 Å². The summed E-state index contributed by atoms with van der Waals surface area (Å²) in [5, 5.41) is 13.6. The lowest BCUT2D eigenvalue weighted by Crippen LogP contribution is -2.36. The van der Waals surface area contributed by atoms with E-state index < -0.39 is 6.17 Å². The van der Waals surface area contributed by atoms with Crippen molar-refractivity contribution in [1.82, 2.24) is 15.2 Å². The number of thiazole rings is 1. The third-order valence-corrected chi connectivity index (χ3v) is 9.29. The van der Waals surface area contributed by atoms with Crippen LogP contribution in [0.15, 0.2) is 64.0 Å². The number of Topliss-reactive ketones (excluding diaryl/α,β-unsaturated/α-hetero) is 1. The third-order valence-electron chi connectivity index (χ3n) is 7.98. The van der Waals surface area contributed by atoms with E-state index in [2.05, 4.69) is 20.4 Å². The minimum absolute atomic E-state index is 0.0832. The van der Waals surface area contributed by atoms with Crippen LogP contribution in [-0.4, -0.2) is 66.3 Å². The lowest BCUT2D eigenvalue weighted by molar-refractivity contribution is -0.119. The SMILES string of the molecule is COC1(c2nc(-c3nnc(N[C@H]4N=C(c5ccccc5)c5ccccc5CC4=O)o3)c(N3CCOCC3)s2)CCC1. The number of hydrogen-bond donors (Lipinski definition) is 1. The molecule has 11 heteroatoms. The van der Waals surface area contributed by atoms with Crippen molar-refractivity contribution in [3.05, 3.63) is 76.3 Å². The molecule has 7 rings (SSSR count). The fourth-order valence-electron chi connectivity index (χ4n) is 5.52. The fourth-order valence-corrected chi connectivity index (χ4v) is 6.86. The Morgan fingerprint density at radius 1 is 1.05 bits per heavy atom. The predicted octanol–water partition coefficient (Wildman–Crippen LogP) is 4.46. The molecule has 1 N–H and O–H groups in total. The van der Waals surface area contributed by atoms with Gasteiger partial charge in [-0.05, 0) is 24.8 Å². The molecule has 210 valence electrons. The summed E-state index contributed by atoms with van der Waals surface area (Å²) in [5.41, 5.74) is 3.81. The van der Waals surface area contributed by atoms with Gasteiger partial charge in [-0.25, -0.2) is 4.98 Å². The summed E-state index contributed by atoms with van der Waals surface area (Å²) < 4.78 is 17.6. The highest BCUT2D eigenvalue weighted by Gasteiger charge is 2.43. The molecule has 2 fully saturated rings. The lowest BCUT2D eigenvalue weighted by atomic mass is 9.80. The Balaban J connectivity index is 1.22. The predicted molar refractivity (Wildman–Crippen MR) is 156 cm³/mol. The van der Waals surface area contributed by atoms with Crippen molar-refractivity contribution >= 4 is 33.8 Å². The number of methoxy groups -OCH3 is 1. The summed E-state index contributed by atoms with van der Waals surface area (Å²) in [5.74, 6) is 0.207. The average molecular weight is 571 g/mol. The number of hydrogen-bond acceptors (Lipinski definition) is 11. The van der Waals surface area contributed by atoms with Gasteiger partial charge in [-0.2, -0.15) is 0 Å². The number of fused-ring (bicyclic) bond motifs is 1. The standard InChI is InChI=1S/C30H30N6O4S/c1-38-30(12-7-13-30)28-32-24(27(41-28)36-14-16-39-17-15-36)26-34-35-29(40-26)33-25-22(37)18-20-10-5-6-11-21(20)23(31-25)19-8-3-2-4-9-19/h2-6,8-11,25H,7,12-18H2,1H3,(H,33,35)/t25-/m1/s1. The summed E-state index contributed by atoms with van der Waals surface area (Å²) in [6.45, 7) is 2.79. The van der Waals surface area contributed by atoms with E-state index in [0.717, 1.165) is 64.8 Å². The largest absolute Gasteiger partial charge is 0.402 e. The second kappa shape index (κ2) is 10.8. The van der Waals surface area contributed by atoms with Gasteiger partial charge in [-0.1, -0.05) is 71.0 Å². The van der Waals surface area contributed by atoms with Crippen LogP contribution in [0.25, 0.3) is 11.6 Å². The van der Waals surface area contributed by atoms with Crippen LogP contribution in [-0.2, 0) is 26.3 Å². The maximum Gasteiger partial charge on any atom is 0.317 e. The maximum atomic E-state index is 13.4. The number of aromatic nitrogens is 3. The number of carbonyl (C=O) groups excluding carboxylic acids is 1. The molecule has 1 saturated heterocycles. The van der Waals surface area contributed by atoms with Crippen molar-refractivity contribution in [3.63, 3.8) is 0 Å². The van der Waals surface area contributed by atoms with Crippen LogP contribution in [0, 0.1) is 0 Å². The Kier molecular flexibility index (Phi) is 6.85. The molecule has 1 saturated carbocycles. The van der Waals surface area contributed by atoms with Gasteiger partial charge >= 0.3 is 6.01 Å². The Morgan fingerprint density at radius 3 is 2.59 bits per heavy atom. The van der Waals surface area contributed by atoms with Gasteiger partial charge in [0.15, 0.2) is 17.6 Å². The topological polar surface area (TPSA) is 115 Å². The normalized spacial score (nSPS) is 20.1. The Hall–Kier alpha value is -3.93. The van der Waals surface area contributed by atoms with Crippen molar-refractivity contribution in [1.29, 1.82) is 0 Å². The first kappa shape index (κ1) is 26.0. The molecular formula is C30H30N6O4S. The Morgan fingerprint density at radius 2 is 1.83 bits per heavy atom. The van der Waals surface area contributed by atoms with Crippen LogP contribution in [0.5, 0.6) is 0 Å². The number of nitrogens with one attached hydrogen (secondary N) is 1. The minimum Gasteiger partial charge on any atom is -0.402 e. The van der Waals surface area contributed by atoms with E-state index in [1.165, 1.54) is 0 Å². The summed E-state index contributed by atoms with van der Waals surface area (Å²) in [6, 6.07) is 17.9. The zero-order valence-electron chi connectivity index (χ0n) is 22.7. The molecule has 3 aliphatic rings. The van der Waals surface area contributed by atoms with Crippen molar-refractivity contribution in [2.75, 3.05) is 43.6 Å². The number of benzene rings is 2. The summed E-state index contributed by atoms with van der Waals surface area (Å²) >= 11 is 1.62. The molecule has 0 amide bonds. The van der Waals surface area contributed by atoms with Gasteiger partial charge in [0, 0.05) is 37.7 Å². The first-order chi connectivity index (χ1) is 20.1. The molecule has 4 aromatic rings. The monoisotopic (exact) mass is 570 g/mol. The van der Waals surface area contributed by atoms with E-state index in [4.69, 9.17) is 23.9 Å². The molecule has 2 aromatic heterocycles. The highest BCUT2D eigenvalue weighted by molar-refractivity contribution is 7.16. The molecule has 0 spiro atoms. The lowest BCUT2D eigenvalue weighted by Gasteiger charge is -2.38. The number of ether oxygens (including phenoxy) is 2. The van der Waals surface area contributed by atoms with Gasteiger partial charge < -0.3 is 24.1 Å². The van der Waals surface area contributed by atoms with Crippen LogP contribution in [0.2, 0.25) is 0 Å². The fraction of sp³-hybridized carbons (Fsp3) is 0.367. The first-order valence-corrected chi connectivity index (χ1v) is 14.7. The van der Waals surface area contributed by atoms with Crippen molar-refractivity contribution in [3.8, 4) is 11.6 Å². The molecule has 1 atom stereocenters. The van der Waals surface area contributed by atoms with Crippen LogP contribution in [0.4, 0.5) is 11.0 Å². The molecule has 4 heterocycles. The van der Waals surface area contributed by atoms with Gasteiger partial charge in [-0.15, -0.1) is 5.10 Å². The van der Waals surface area contributed by atoms with Crippen LogP contribution < -0.4 is 10.2 Å². The second-order valence-corrected chi connectivity index (χ2v) is 11.4. The summed E-state index contributed by atoms with van der Waals surface area (Å²) in [4.78, 5) is 25.5. The quantitative estimate of drug-likeness (QED) is 0.344. The molecule has 1 aliphatic carbocycles. The molecular weight excluding hydrogens is 540 g/mol. The number of anilines is 2. The number of carbonyl (C=O) groups is 1. The molecule has 2 aromatic carbocycles. The van der Waals surface area contributed by atoms with Crippen molar-refractivity contribution < 1.29 is 18.7 Å². The van der Waals surface area contributed by atoms with Crippen molar-refractivity contribution in [2.45, 2.75) is 37.5 Å². The van der Waals surface area contributed by atoms with E-state index in [9.17, 15) is 4.79 Å². The second-order valence-electron chi connectivity index (χ2n) is 10.4. The zero-order chi connectivity index (χ0) is 27.8. The smallest absolute Gasteiger partial charge is 0.317 e. The van der Waals surface area contributed by atoms with Gasteiger partial charge in [0.2, 0.25) is 0 Å². The first-order valence-electron chi connectivity index (χ1n) is 13.9.